The first-order valence-corrected chi connectivity index (χ1v) is 12.3. The monoisotopic (exact) mass is 469 g/mol. The average Bonchev–Trinajstić information content (AvgIpc) is 3.16. The smallest absolute Gasteiger partial charge is 0.226 e. The zero-order valence-corrected chi connectivity index (χ0v) is 20.5. The molecule has 0 aliphatic heterocycles. The summed E-state index contributed by atoms with van der Waals surface area (Å²) in [5, 5.41) is 15.6. The summed E-state index contributed by atoms with van der Waals surface area (Å²) in [7, 11) is 1.72. The van der Waals surface area contributed by atoms with Crippen LogP contribution in [0.1, 0.15) is 50.1 Å². The van der Waals surface area contributed by atoms with E-state index in [1.165, 1.54) is 17.0 Å². The van der Waals surface area contributed by atoms with E-state index in [0.717, 1.165) is 35.8 Å². The molecule has 0 bridgehead atoms. The molecule has 1 heterocycles. The maximum atomic E-state index is 13.2. The zero-order valence-electron chi connectivity index (χ0n) is 19.6. The van der Waals surface area contributed by atoms with Crippen LogP contribution in [0, 0.1) is 41.3 Å². The van der Waals surface area contributed by atoms with Crippen LogP contribution in [0.25, 0.3) is 0 Å². The van der Waals surface area contributed by atoms with E-state index in [1.807, 2.05) is 6.92 Å². The number of anilines is 2. The molecule has 176 valence electrons. The van der Waals surface area contributed by atoms with E-state index in [0.29, 0.717) is 0 Å². The van der Waals surface area contributed by atoms with Crippen molar-refractivity contribution in [2.24, 2.45) is 23.2 Å². The maximum Gasteiger partial charge on any atom is 0.226 e. The van der Waals surface area contributed by atoms with Crippen LogP contribution in [0.5, 0.6) is 0 Å². The molecule has 5 nitrogen and oxygen atoms in total. The highest BCUT2D eigenvalue weighted by Crippen LogP contribution is 2.57. The van der Waals surface area contributed by atoms with Gasteiger partial charge in [0.25, 0.3) is 0 Å². The Morgan fingerprint density at radius 1 is 1.45 bits per heavy atom. The maximum absolute atomic E-state index is 13.2. The number of nitrogens with zero attached hydrogens (tertiary/aromatic N) is 2. The summed E-state index contributed by atoms with van der Waals surface area (Å²) in [4.78, 5) is 20.6. The third-order valence-corrected chi connectivity index (χ3v) is 8.74. The van der Waals surface area contributed by atoms with Crippen LogP contribution in [0.4, 0.5) is 15.2 Å². The van der Waals surface area contributed by atoms with Gasteiger partial charge in [-0.2, -0.15) is 0 Å². The fraction of sp³-hybridized carbons (Fsp3) is 0.538. The van der Waals surface area contributed by atoms with Gasteiger partial charge in [0.05, 0.1) is 18.3 Å². The minimum Gasteiger partial charge on any atom is -0.392 e. The van der Waals surface area contributed by atoms with Crippen LogP contribution in [0.15, 0.2) is 24.3 Å². The van der Waals surface area contributed by atoms with Crippen LogP contribution >= 0.6 is 11.3 Å². The van der Waals surface area contributed by atoms with Crippen LogP contribution < -0.4 is 5.32 Å². The third kappa shape index (κ3) is 4.39. The second-order valence-electron chi connectivity index (χ2n) is 9.98. The molecule has 7 heteroatoms. The normalized spacial score (nSPS) is 29.4. The van der Waals surface area contributed by atoms with Gasteiger partial charge in [0.1, 0.15) is 5.82 Å². The number of halogens is 1. The molecule has 2 N–H and O–H groups in total. The lowest BCUT2D eigenvalue weighted by Crippen LogP contribution is -2.53. The average molecular weight is 470 g/mol. The largest absolute Gasteiger partial charge is 0.392 e. The number of amides is 1. The molecule has 2 aromatic rings. The number of carbonyl (C=O) groups is 1. The van der Waals surface area contributed by atoms with Crippen molar-refractivity contribution in [2.75, 3.05) is 18.9 Å². The Labute approximate surface area is 199 Å². The van der Waals surface area contributed by atoms with Crippen LogP contribution in [-0.2, 0) is 11.2 Å². The number of thiazole rings is 1. The number of aliphatic hydroxyl groups is 1. The molecule has 1 aromatic carbocycles. The number of carbonyl (C=O) groups excluding carboxylic acids is 1. The predicted octanol–water partition coefficient (Wildman–Crippen LogP) is 4.81. The van der Waals surface area contributed by atoms with Gasteiger partial charge < -0.3 is 15.3 Å². The van der Waals surface area contributed by atoms with Crippen molar-refractivity contribution in [2.45, 2.75) is 52.1 Å². The van der Waals surface area contributed by atoms with Gasteiger partial charge in [-0.1, -0.05) is 26.7 Å². The SMILES string of the molecule is C#CCN(C)C(=O)[C@@H](C)C1CC[C@@]2(C)Cc3sc(Nc4ccc(F)cc4)nc3[C@@H](C)[C@@H]2[C@H]1O. The van der Waals surface area contributed by atoms with Gasteiger partial charge in [-0.25, -0.2) is 9.37 Å². The quantitative estimate of drug-likeness (QED) is 0.617. The van der Waals surface area contributed by atoms with Gasteiger partial charge in [0.15, 0.2) is 5.13 Å². The molecule has 1 amide bonds. The highest BCUT2D eigenvalue weighted by Gasteiger charge is 2.54. The van der Waals surface area contributed by atoms with Gasteiger partial charge >= 0.3 is 0 Å². The minimum absolute atomic E-state index is 0.0100. The Balaban J connectivity index is 1.56. The number of fused-ring (bicyclic) bond motifs is 2. The van der Waals surface area contributed by atoms with Crippen molar-refractivity contribution >= 4 is 28.1 Å². The molecule has 0 radical (unpaired) electrons. The predicted molar refractivity (Wildman–Crippen MR) is 130 cm³/mol. The molecular formula is C26H32FN3O2S. The number of benzene rings is 1. The molecule has 6 atom stereocenters. The minimum atomic E-state index is -0.583. The Hall–Kier alpha value is -2.43. The summed E-state index contributed by atoms with van der Waals surface area (Å²) in [6.45, 7) is 6.60. The summed E-state index contributed by atoms with van der Waals surface area (Å²) < 4.78 is 13.2. The Morgan fingerprint density at radius 3 is 2.82 bits per heavy atom. The number of aromatic nitrogens is 1. The zero-order chi connectivity index (χ0) is 23.9. The summed E-state index contributed by atoms with van der Waals surface area (Å²) in [5.41, 5.74) is 1.77. The lowest BCUT2D eigenvalue weighted by atomic mass is 9.53. The molecule has 0 spiro atoms. The standard InChI is InChI=1S/C26H32FN3O2S/c1-6-13-30(5)24(32)15(2)19-11-12-26(4)14-20-22(16(3)21(26)23(19)31)29-25(33-20)28-18-9-7-17(27)8-10-18/h1,7-10,15-16,19,21,23,31H,11-14H2,2-5H3,(H,28,29)/t15-,16-,19?,21+,23-,26-/m0/s1. The van der Waals surface area contributed by atoms with Crippen LogP contribution in [0.3, 0.4) is 0 Å². The Morgan fingerprint density at radius 2 is 2.15 bits per heavy atom. The van der Waals surface area contributed by atoms with E-state index in [4.69, 9.17) is 11.4 Å². The molecular weight excluding hydrogens is 437 g/mol. The van der Waals surface area contributed by atoms with E-state index in [1.54, 1.807) is 35.4 Å². The second-order valence-corrected chi connectivity index (χ2v) is 11.1. The van der Waals surface area contributed by atoms with E-state index in [9.17, 15) is 14.3 Å². The molecule has 2 aliphatic carbocycles. The van der Waals surface area contributed by atoms with Gasteiger partial charge in [-0.05, 0) is 60.8 Å². The topological polar surface area (TPSA) is 65.5 Å². The van der Waals surface area contributed by atoms with Gasteiger partial charge in [0, 0.05) is 29.4 Å². The molecule has 33 heavy (non-hydrogen) atoms. The summed E-state index contributed by atoms with van der Waals surface area (Å²) in [6.07, 6.45) is 7.43. The fourth-order valence-corrected chi connectivity index (χ4v) is 7.29. The molecule has 4 rings (SSSR count). The molecule has 2 aliphatic rings. The van der Waals surface area contributed by atoms with Crippen molar-refractivity contribution in [3.63, 3.8) is 0 Å². The van der Waals surface area contributed by atoms with Crippen molar-refractivity contribution in [1.29, 1.82) is 0 Å². The number of nitrogens with one attached hydrogen (secondary N) is 1. The highest BCUT2D eigenvalue weighted by molar-refractivity contribution is 7.15. The van der Waals surface area contributed by atoms with E-state index < -0.39 is 6.10 Å². The van der Waals surface area contributed by atoms with Crippen molar-refractivity contribution in [3.05, 3.63) is 40.7 Å². The van der Waals surface area contributed by atoms with E-state index in [2.05, 4.69) is 25.1 Å². The summed E-state index contributed by atoms with van der Waals surface area (Å²) in [6, 6.07) is 6.25. The fourth-order valence-electron chi connectivity index (χ4n) is 6.00. The second kappa shape index (κ2) is 9.08. The molecule has 0 saturated heterocycles. The molecule has 1 unspecified atom stereocenters. The molecule has 1 saturated carbocycles. The number of hydrogen-bond acceptors (Lipinski definition) is 5. The summed E-state index contributed by atoms with van der Waals surface area (Å²) >= 11 is 1.64. The highest BCUT2D eigenvalue weighted by atomic mass is 32.1. The van der Waals surface area contributed by atoms with Crippen LogP contribution in [0.2, 0.25) is 0 Å². The van der Waals surface area contributed by atoms with Gasteiger partial charge in [-0.15, -0.1) is 17.8 Å². The van der Waals surface area contributed by atoms with E-state index >= 15 is 0 Å². The number of terminal acetylenes is 1. The van der Waals surface area contributed by atoms with Crippen molar-refractivity contribution < 1.29 is 14.3 Å². The van der Waals surface area contributed by atoms with E-state index in [-0.39, 0.29) is 47.4 Å². The van der Waals surface area contributed by atoms with Crippen molar-refractivity contribution in [3.8, 4) is 12.3 Å². The Bertz CT molecular complexity index is 1060. The third-order valence-electron chi connectivity index (χ3n) is 7.75. The van der Waals surface area contributed by atoms with Gasteiger partial charge in [-0.3, -0.25) is 4.79 Å². The first-order chi connectivity index (χ1) is 15.6. The van der Waals surface area contributed by atoms with Crippen LogP contribution in [-0.4, -0.2) is 40.6 Å². The lowest BCUT2D eigenvalue weighted by Gasteiger charge is -2.53. The lowest BCUT2D eigenvalue weighted by molar-refractivity contribution is -0.142. The summed E-state index contributed by atoms with van der Waals surface area (Å²) in [5.74, 6) is 1.94. The molecule has 1 aromatic heterocycles. The molecule has 1 fully saturated rings. The Kier molecular flexibility index (Phi) is 6.52. The van der Waals surface area contributed by atoms with Crippen molar-refractivity contribution in [1.82, 2.24) is 9.88 Å². The first-order valence-electron chi connectivity index (χ1n) is 11.5. The number of hydrogen-bond donors (Lipinski definition) is 2. The number of aliphatic hydroxyl groups excluding tert-OH is 1. The van der Waals surface area contributed by atoms with Gasteiger partial charge in [0.2, 0.25) is 5.91 Å². The number of rotatable bonds is 5. The first kappa shape index (κ1) is 23.7.